The zero-order valence-corrected chi connectivity index (χ0v) is 12.3. The normalized spacial score (nSPS) is 12.9. The highest BCUT2D eigenvalue weighted by atomic mass is 32.1. The van der Waals surface area contributed by atoms with Crippen molar-refractivity contribution >= 4 is 22.7 Å². The van der Waals surface area contributed by atoms with Crippen LogP contribution in [0, 0.1) is 9.81 Å². The minimum Gasteiger partial charge on any atom is -0.240 e. The van der Waals surface area contributed by atoms with Gasteiger partial charge in [-0.15, -0.1) is 9.81 Å². The van der Waals surface area contributed by atoms with Crippen LogP contribution in [-0.2, 0) is 26.9 Å². The largest absolute Gasteiger partial charge is 0.240 e. The Balaban J connectivity index is 2.13. The first-order chi connectivity index (χ1) is 9.63. The molecule has 0 bridgehead atoms. The van der Waals surface area contributed by atoms with Crippen molar-refractivity contribution in [3.05, 3.63) is 29.4 Å². The second-order valence-corrected chi connectivity index (χ2v) is 5.75. The third kappa shape index (κ3) is 3.27. The zero-order chi connectivity index (χ0) is 14.5. The molecule has 0 aliphatic carbocycles. The predicted molar refractivity (Wildman–Crippen MR) is 72.3 cm³/mol. The average molecular weight is 314 g/mol. The van der Waals surface area contributed by atoms with E-state index in [1.54, 1.807) is 14.1 Å². The quantitative estimate of drug-likeness (QED) is 0.579. The van der Waals surface area contributed by atoms with E-state index in [9.17, 15) is 9.81 Å². The molecule has 20 heavy (non-hydrogen) atoms. The summed E-state index contributed by atoms with van der Waals surface area (Å²) >= 11 is 2.59. The first kappa shape index (κ1) is 14.3. The van der Waals surface area contributed by atoms with E-state index in [0.29, 0.717) is 22.4 Å². The molecule has 0 unspecified atom stereocenters. The minimum absolute atomic E-state index is 0.445. The number of hydrogen-bond donors (Lipinski definition) is 0. The molecule has 10 nitrogen and oxygen atoms in total. The number of aromatic nitrogens is 4. The number of aryl methyl sites for hydroxylation is 4. The fourth-order valence-electron chi connectivity index (χ4n) is 1.46. The standard InChI is InChI=1S/C8H10N8O2S2/c1-15-7(9-13-17)19-5(11-15)3-4-6-12-16(2)8(20-6)10-14-18/h3-4H2,1-2H3/b9-7+,10-8+. The summed E-state index contributed by atoms with van der Waals surface area (Å²) in [6.07, 6.45) is 1.29. The van der Waals surface area contributed by atoms with Gasteiger partial charge >= 0.3 is 0 Å². The van der Waals surface area contributed by atoms with Crippen LogP contribution in [0.3, 0.4) is 0 Å². The van der Waals surface area contributed by atoms with Gasteiger partial charge in [-0.1, -0.05) is 32.9 Å². The Kier molecular flexibility index (Phi) is 4.57. The maximum absolute atomic E-state index is 10.1. The van der Waals surface area contributed by atoms with Crippen LogP contribution in [0.4, 0.5) is 0 Å². The maximum Gasteiger partial charge on any atom is 0.231 e. The zero-order valence-electron chi connectivity index (χ0n) is 10.6. The summed E-state index contributed by atoms with van der Waals surface area (Å²) in [6.45, 7) is 0. The molecule has 2 heterocycles. The molecule has 106 valence electrons. The number of hydrogen-bond acceptors (Lipinski definition) is 8. The van der Waals surface area contributed by atoms with Gasteiger partial charge in [-0.05, 0) is 0 Å². The molecule has 0 spiro atoms. The van der Waals surface area contributed by atoms with Crippen LogP contribution in [0.2, 0.25) is 0 Å². The van der Waals surface area contributed by atoms with E-state index >= 15 is 0 Å². The van der Waals surface area contributed by atoms with E-state index < -0.39 is 0 Å². The van der Waals surface area contributed by atoms with Crippen molar-refractivity contribution < 1.29 is 0 Å². The van der Waals surface area contributed by atoms with Crippen LogP contribution in [-0.4, -0.2) is 19.6 Å². The number of rotatable bonds is 5. The summed E-state index contributed by atoms with van der Waals surface area (Å²) in [6, 6.07) is 0. The molecular formula is C8H10N8O2S2. The van der Waals surface area contributed by atoms with Gasteiger partial charge in [-0.25, -0.2) is 9.36 Å². The van der Waals surface area contributed by atoms with Gasteiger partial charge in [-0.3, -0.25) is 0 Å². The lowest BCUT2D eigenvalue weighted by molar-refractivity contribution is 0.684. The van der Waals surface area contributed by atoms with Crippen LogP contribution in [0.5, 0.6) is 0 Å². The average Bonchev–Trinajstić information content (AvgIpc) is 2.93. The van der Waals surface area contributed by atoms with Crippen molar-refractivity contribution in [1.29, 1.82) is 0 Å². The van der Waals surface area contributed by atoms with Gasteiger partial charge in [0.05, 0.1) is 10.6 Å². The summed E-state index contributed by atoms with van der Waals surface area (Å²) in [5.74, 6) is 0. The van der Waals surface area contributed by atoms with Crippen LogP contribution in [0.15, 0.2) is 20.8 Å². The molecule has 2 aromatic rings. The SMILES string of the molecule is Cn1nc(CCc2nn(C)/c(=N\N=O)s2)s/c1=N/N=O. The molecular weight excluding hydrogens is 304 g/mol. The van der Waals surface area contributed by atoms with Gasteiger partial charge in [0.2, 0.25) is 9.60 Å². The van der Waals surface area contributed by atoms with Crippen molar-refractivity contribution in [3.63, 3.8) is 0 Å². The molecule has 0 radical (unpaired) electrons. The van der Waals surface area contributed by atoms with Crippen LogP contribution in [0.1, 0.15) is 10.0 Å². The molecule has 2 aromatic heterocycles. The monoisotopic (exact) mass is 314 g/mol. The summed E-state index contributed by atoms with van der Waals surface area (Å²) in [5, 5.41) is 22.0. The Hall–Kier alpha value is -2.08. The second-order valence-electron chi connectivity index (χ2n) is 3.67. The minimum atomic E-state index is 0.445. The van der Waals surface area contributed by atoms with Crippen molar-refractivity contribution in [2.45, 2.75) is 12.8 Å². The van der Waals surface area contributed by atoms with E-state index in [1.807, 2.05) is 0 Å². The molecule has 0 aromatic carbocycles. The van der Waals surface area contributed by atoms with Crippen LogP contribution in [0.25, 0.3) is 0 Å². The van der Waals surface area contributed by atoms with Crippen LogP contribution < -0.4 is 9.60 Å². The summed E-state index contributed by atoms with van der Waals surface area (Å²) in [7, 11) is 3.39. The molecule has 0 fully saturated rings. The molecule has 2 rings (SSSR count). The molecule has 12 heteroatoms. The Morgan fingerprint density at radius 2 is 1.30 bits per heavy atom. The lowest BCUT2D eigenvalue weighted by Crippen LogP contribution is -2.10. The fraction of sp³-hybridized carbons (Fsp3) is 0.500. The van der Waals surface area contributed by atoms with E-state index in [-0.39, 0.29) is 0 Å². The molecule has 0 aliphatic heterocycles. The smallest absolute Gasteiger partial charge is 0.231 e. The molecule has 0 saturated heterocycles. The summed E-state index contributed by atoms with van der Waals surface area (Å²) in [4.78, 5) is 21.1. The number of nitroso groups, excluding NO2 is 2. The highest BCUT2D eigenvalue weighted by molar-refractivity contribution is 7.09. The van der Waals surface area contributed by atoms with Gasteiger partial charge in [0.1, 0.15) is 10.0 Å². The van der Waals surface area contributed by atoms with E-state index in [1.165, 1.54) is 32.0 Å². The Bertz CT molecular complexity index is 687. The Morgan fingerprint density at radius 3 is 1.65 bits per heavy atom. The summed E-state index contributed by atoms with van der Waals surface area (Å²) in [5.41, 5.74) is 0. The number of nitrogens with zero attached hydrogens (tertiary/aromatic N) is 8. The highest BCUT2D eigenvalue weighted by Crippen LogP contribution is 2.07. The molecule has 0 N–H and O–H groups in total. The maximum atomic E-state index is 10.1. The van der Waals surface area contributed by atoms with Crippen molar-refractivity contribution in [1.82, 2.24) is 19.6 Å². The van der Waals surface area contributed by atoms with Gasteiger partial charge < -0.3 is 0 Å². The fourth-order valence-corrected chi connectivity index (χ4v) is 3.11. The van der Waals surface area contributed by atoms with Crippen molar-refractivity contribution in [2.75, 3.05) is 0 Å². The summed E-state index contributed by atoms with van der Waals surface area (Å²) < 4.78 is 3.00. The van der Waals surface area contributed by atoms with Gasteiger partial charge in [0, 0.05) is 26.9 Å². The van der Waals surface area contributed by atoms with E-state index in [2.05, 4.69) is 31.0 Å². The lowest BCUT2D eigenvalue weighted by Gasteiger charge is -1.91. The topological polar surface area (TPSA) is 119 Å². The third-order valence-electron chi connectivity index (χ3n) is 2.30. The second kappa shape index (κ2) is 6.38. The first-order valence-electron chi connectivity index (χ1n) is 5.42. The van der Waals surface area contributed by atoms with Crippen molar-refractivity contribution in [3.8, 4) is 0 Å². The molecule has 0 saturated carbocycles. The predicted octanol–water partition coefficient (Wildman–Crippen LogP) is 0.226. The molecule has 0 aliphatic rings. The Labute approximate surface area is 120 Å². The first-order valence-corrected chi connectivity index (χ1v) is 7.06. The van der Waals surface area contributed by atoms with Gasteiger partial charge in [-0.2, -0.15) is 10.2 Å². The lowest BCUT2D eigenvalue weighted by atomic mass is 10.3. The van der Waals surface area contributed by atoms with Crippen molar-refractivity contribution in [2.24, 2.45) is 34.9 Å². The van der Waals surface area contributed by atoms with E-state index in [4.69, 9.17) is 0 Å². The van der Waals surface area contributed by atoms with E-state index in [0.717, 1.165) is 10.0 Å². The third-order valence-corrected chi connectivity index (χ3v) is 4.40. The van der Waals surface area contributed by atoms with Gasteiger partial charge in [0.25, 0.3) is 0 Å². The molecule has 0 amide bonds. The highest BCUT2D eigenvalue weighted by Gasteiger charge is 2.06. The molecule has 0 atom stereocenters. The van der Waals surface area contributed by atoms with Crippen LogP contribution >= 0.6 is 22.7 Å². The Morgan fingerprint density at radius 1 is 0.900 bits per heavy atom. The van der Waals surface area contributed by atoms with Gasteiger partial charge in [0.15, 0.2) is 0 Å².